The molecule has 4 nitrogen and oxygen atoms in total. The van der Waals surface area contributed by atoms with Crippen molar-refractivity contribution < 1.29 is 0 Å². The van der Waals surface area contributed by atoms with E-state index in [2.05, 4.69) is 334 Å². The second-order valence-electron chi connectivity index (χ2n) is 30.5. The summed E-state index contributed by atoms with van der Waals surface area (Å²) in [6.07, 6.45) is 19.7. The molecule has 4 heterocycles. The van der Waals surface area contributed by atoms with Gasteiger partial charge in [0.15, 0.2) is 0 Å². The van der Waals surface area contributed by atoms with Crippen LogP contribution in [0, 0.1) is 23.2 Å². The Labute approximate surface area is 572 Å². The topological polar surface area (TPSA) is 16.3 Å². The van der Waals surface area contributed by atoms with E-state index in [0.29, 0.717) is 11.8 Å². The number of fused-ring (bicyclic) bond motifs is 10. The van der Waals surface area contributed by atoms with Crippen molar-refractivity contribution in [2.75, 3.05) is 9.80 Å². The van der Waals surface area contributed by atoms with Crippen molar-refractivity contribution in [3.63, 3.8) is 0 Å². The first-order valence-electron chi connectivity index (χ1n) is 35.9. The third kappa shape index (κ3) is 9.84. The van der Waals surface area contributed by atoms with Gasteiger partial charge in [-0.15, -0.1) is 0 Å². The van der Waals surface area contributed by atoms with Gasteiger partial charge in [-0.2, -0.15) is 0 Å². The number of anilines is 5. The average molecular weight is 1260 g/mol. The van der Waals surface area contributed by atoms with E-state index in [9.17, 15) is 0 Å². The molecule has 2 aliphatic heterocycles. The number of hydrogen-bond donors (Lipinski definition) is 0. The van der Waals surface area contributed by atoms with E-state index >= 15 is 0 Å². The maximum absolute atomic E-state index is 3.01. The molecule has 13 aromatic rings. The molecule has 0 fully saturated rings. The molecular weight excluding hydrogens is 1170 g/mol. The smallest absolute Gasteiger partial charge is 0.252 e. The molecule has 0 bridgehead atoms. The zero-order valence-corrected chi connectivity index (χ0v) is 56.8. The van der Waals surface area contributed by atoms with Crippen LogP contribution in [0.3, 0.4) is 0 Å². The van der Waals surface area contributed by atoms with E-state index in [1.54, 1.807) is 11.1 Å². The molecule has 0 saturated carbocycles. The van der Waals surface area contributed by atoms with Crippen LogP contribution < -0.4 is 26.2 Å². The maximum atomic E-state index is 3.01. The van der Waals surface area contributed by atoms with Crippen LogP contribution in [-0.4, -0.2) is 21.9 Å². The molecule has 3 aliphatic carbocycles. The van der Waals surface area contributed by atoms with Gasteiger partial charge in [-0.25, -0.2) is 0 Å². The van der Waals surface area contributed by atoms with Crippen molar-refractivity contribution in [1.82, 2.24) is 9.13 Å². The second kappa shape index (κ2) is 23.3. The van der Waals surface area contributed by atoms with E-state index in [-0.39, 0.29) is 29.5 Å². The Hall–Kier alpha value is -10.1. The van der Waals surface area contributed by atoms with E-state index in [4.69, 9.17) is 0 Å². The van der Waals surface area contributed by atoms with Crippen molar-refractivity contribution >= 4 is 95.1 Å². The number of nitrogens with zero attached hydrogens (tertiary/aromatic N) is 4. The molecule has 0 radical (unpaired) electrons. The number of rotatable bonds is 9. The van der Waals surface area contributed by atoms with Crippen molar-refractivity contribution in [2.24, 2.45) is 23.2 Å². The van der Waals surface area contributed by atoms with E-state index in [1.165, 1.54) is 146 Å². The standard InChI is InChI=1S/C92H83BN4/c1-91(2,3)66-54-74(61-32-14-8-15-33-61)89(75(55-66)62-34-16-9-17-35-62)96-84-58-68(94-80-44-26-22-40-70(80)71-41-23-27-45-81(71)94)48-50-78(84)93-79-51-49-69(95-82-46-28-24-42-72(82)73-43-25-29-47-83(73)95)59-85(79)97(87-53-65(52-86(96)88(87)93)60-30-12-7-13-31-60)90-76(63-36-18-10-19-37-63)56-67(92(4,5)6)57-77(90)64-38-20-11-21-39-64/h7-10,12-18,22-35,38,40-56,58-59,63,67,77,90H,11,19-21,36-37,39,57H2,1-6H3. The first-order valence-corrected chi connectivity index (χ1v) is 35.9. The molecule has 11 aromatic carbocycles. The molecule has 5 aliphatic rings. The first kappa shape index (κ1) is 59.4. The summed E-state index contributed by atoms with van der Waals surface area (Å²) in [7, 11) is 0. The number of allylic oxidation sites excluding steroid dienone is 4. The molecule has 2 aromatic heterocycles. The van der Waals surface area contributed by atoms with Crippen LogP contribution in [0.4, 0.5) is 28.4 Å². The fourth-order valence-electron chi connectivity index (χ4n) is 18.0. The molecule has 4 atom stereocenters. The minimum atomic E-state index is -0.162. The lowest BCUT2D eigenvalue weighted by atomic mass is 9.33. The lowest BCUT2D eigenvalue weighted by molar-refractivity contribution is 0.220. The predicted molar refractivity (Wildman–Crippen MR) is 414 cm³/mol. The Kier molecular flexibility index (Phi) is 14.3. The van der Waals surface area contributed by atoms with Crippen molar-refractivity contribution in [3.8, 4) is 44.8 Å². The molecule has 0 N–H and O–H groups in total. The van der Waals surface area contributed by atoms with Crippen LogP contribution in [0.25, 0.3) is 88.4 Å². The Balaban J connectivity index is 1.02. The van der Waals surface area contributed by atoms with Crippen LogP contribution >= 0.6 is 0 Å². The van der Waals surface area contributed by atoms with Gasteiger partial charge < -0.3 is 18.9 Å². The fraction of sp³-hybridized carbons (Fsp3) is 0.217. The van der Waals surface area contributed by atoms with Gasteiger partial charge in [-0.3, -0.25) is 0 Å². The molecule has 5 heteroatoms. The SMILES string of the molecule is CC(C)(C)c1cc(-c2ccccc2)c(N2c3cc(-n4c5ccccc5c5ccccc54)ccc3B3c4ccc(-n5c6ccccc6c6ccccc65)cc4N(C4C(C5CC=CCC5)=CC(C(C)(C)C)CC4C4=CCCCC4)c4cc(-c5ccccc5)cc2c43)c(-c2ccccc2)c1. The molecule has 0 saturated heterocycles. The third-order valence-electron chi connectivity index (χ3n) is 22.8. The van der Waals surface area contributed by atoms with Crippen LogP contribution in [0.2, 0.25) is 0 Å². The van der Waals surface area contributed by atoms with Gasteiger partial charge in [0, 0.05) is 72.7 Å². The van der Waals surface area contributed by atoms with Gasteiger partial charge in [0.25, 0.3) is 6.71 Å². The van der Waals surface area contributed by atoms with Gasteiger partial charge in [0.2, 0.25) is 0 Å². The quantitative estimate of drug-likeness (QED) is 0.106. The Bertz CT molecular complexity index is 5190. The van der Waals surface area contributed by atoms with E-state index in [0.717, 1.165) is 44.2 Å². The number of aromatic nitrogens is 2. The average Bonchev–Trinajstić information content (AvgIpc) is 1.09. The Morgan fingerprint density at radius 2 is 0.948 bits per heavy atom. The zero-order chi connectivity index (χ0) is 65.3. The first-order chi connectivity index (χ1) is 47.4. The number of para-hydroxylation sites is 4. The van der Waals surface area contributed by atoms with Gasteiger partial charge >= 0.3 is 0 Å². The fourth-order valence-corrected chi connectivity index (χ4v) is 18.0. The largest absolute Gasteiger partial charge is 0.334 e. The summed E-state index contributed by atoms with van der Waals surface area (Å²) >= 11 is 0. The van der Waals surface area contributed by atoms with E-state index in [1.807, 2.05) is 0 Å². The third-order valence-corrected chi connectivity index (χ3v) is 22.8. The summed E-state index contributed by atoms with van der Waals surface area (Å²) in [5, 5.41) is 5.05. The van der Waals surface area contributed by atoms with Gasteiger partial charge in [0.1, 0.15) is 0 Å². The predicted octanol–water partition coefficient (Wildman–Crippen LogP) is 22.8. The van der Waals surface area contributed by atoms with Crippen LogP contribution in [0.1, 0.15) is 98.5 Å². The molecular formula is C92H83BN4. The zero-order valence-electron chi connectivity index (χ0n) is 56.8. The van der Waals surface area contributed by atoms with Crippen molar-refractivity contribution in [2.45, 2.75) is 104 Å². The summed E-state index contributed by atoms with van der Waals surface area (Å²) in [4.78, 5) is 5.79. The summed E-state index contributed by atoms with van der Waals surface area (Å²) in [5.74, 6) is 1.10. The summed E-state index contributed by atoms with van der Waals surface area (Å²) < 4.78 is 5.09. The van der Waals surface area contributed by atoms with Crippen LogP contribution in [-0.2, 0) is 5.41 Å². The van der Waals surface area contributed by atoms with Crippen LogP contribution in [0.15, 0.2) is 284 Å². The summed E-state index contributed by atoms with van der Waals surface area (Å²) in [5.41, 5.74) is 29.1. The minimum absolute atomic E-state index is 0.0426. The number of hydrogen-bond acceptors (Lipinski definition) is 2. The molecule has 97 heavy (non-hydrogen) atoms. The van der Waals surface area contributed by atoms with E-state index < -0.39 is 0 Å². The second-order valence-corrected chi connectivity index (χ2v) is 30.5. The minimum Gasteiger partial charge on any atom is -0.334 e. The van der Waals surface area contributed by atoms with Crippen molar-refractivity contribution in [3.05, 3.63) is 290 Å². The Morgan fingerprint density at radius 1 is 0.443 bits per heavy atom. The lowest BCUT2D eigenvalue weighted by Gasteiger charge is -2.53. The highest BCUT2D eigenvalue weighted by molar-refractivity contribution is 7.00. The number of benzene rings is 11. The molecule has 4 unspecified atom stereocenters. The molecule has 0 spiro atoms. The normalized spacial score (nSPS) is 18.5. The van der Waals surface area contributed by atoms with Gasteiger partial charge in [-0.1, -0.05) is 247 Å². The lowest BCUT2D eigenvalue weighted by Crippen LogP contribution is -2.64. The highest BCUT2D eigenvalue weighted by Gasteiger charge is 2.50. The van der Waals surface area contributed by atoms with Gasteiger partial charge in [-0.05, 0) is 197 Å². The summed E-state index contributed by atoms with van der Waals surface area (Å²) in [6, 6.07) is 95.8. The monoisotopic (exact) mass is 1250 g/mol. The summed E-state index contributed by atoms with van der Waals surface area (Å²) in [6.45, 7) is 14.5. The maximum Gasteiger partial charge on any atom is 0.252 e. The highest BCUT2D eigenvalue weighted by Crippen LogP contribution is 2.56. The molecule has 474 valence electrons. The molecule has 18 rings (SSSR count). The van der Waals surface area contributed by atoms with Gasteiger partial charge in [0.05, 0.1) is 33.8 Å². The molecule has 0 amide bonds. The van der Waals surface area contributed by atoms with Crippen molar-refractivity contribution in [1.29, 1.82) is 0 Å². The van der Waals surface area contributed by atoms with Crippen LogP contribution in [0.5, 0.6) is 0 Å². The highest BCUT2D eigenvalue weighted by atomic mass is 15.2. The Morgan fingerprint density at radius 3 is 1.45 bits per heavy atom.